The summed E-state index contributed by atoms with van der Waals surface area (Å²) in [6.45, 7) is 0.388. The number of rotatable bonds is 3. The first-order valence-electron chi connectivity index (χ1n) is 4.31. The van der Waals surface area contributed by atoms with Crippen molar-refractivity contribution in [3.8, 4) is 5.95 Å². The third-order valence-corrected chi connectivity index (χ3v) is 1.75. The number of aromatic nitrogens is 4. The number of halogens is 1. The molecule has 0 fully saturated rings. The summed E-state index contributed by atoms with van der Waals surface area (Å²) in [5, 5.41) is 3.76. The van der Waals surface area contributed by atoms with Gasteiger partial charge in [0, 0.05) is 13.3 Å². The van der Waals surface area contributed by atoms with Gasteiger partial charge in [-0.05, 0) is 6.07 Å². The van der Waals surface area contributed by atoms with Crippen molar-refractivity contribution in [3.05, 3.63) is 36.2 Å². The molecule has 0 aliphatic heterocycles. The molecule has 78 valence electrons. The van der Waals surface area contributed by atoms with Crippen LogP contribution < -0.4 is 0 Å². The molecular formula is C9H9FN4O. The van der Waals surface area contributed by atoms with Gasteiger partial charge in [-0.1, -0.05) is 0 Å². The highest BCUT2D eigenvalue weighted by atomic mass is 19.1. The Balaban J connectivity index is 2.32. The van der Waals surface area contributed by atoms with Crippen molar-refractivity contribution in [1.29, 1.82) is 0 Å². The molecule has 0 aliphatic carbocycles. The molecule has 0 unspecified atom stereocenters. The van der Waals surface area contributed by atoms with E-state index in [-0.39, 0.29) is 0 Å². The second-order valence-electron chi connectivity index (χ2n) is 2.88. The maximum Gasteiger partial charge on any atom is 0.250 e. The summed E-state index contributed by atoms with van der Waals surface area (Å²) in [5.41, 5.74) is 0.721. The molecule has 2 aromatic rings. The summed E-state index contributed by atoms with van der Waals surface area (Å²) >= 11 is 0. The number of hydrogen-bond acceptors (Lipinski definition) is 4. The van der Waals surface area contributed by atoms with Crippen LogP contribution in [-0.4, -0.2) is 26.9 Å². The second-order valence-corrected chi connectivity index (χ2v) is 2.88. The number of methoxy groups -OCH3 is 1. The lowest BCUT2D eigenvalue weighted by atomic mass is 10.4. The van der Waals surface area contributed by atoms with Crippen molar-refractivity contribution in [2.75, 3.05) is 7.11 Å². The van der Waals surface area contributed by atoms with E-state index in [2.05, 4.69) is 15.1 Å². The standard InChI is InChI=1S/C9H9FN4O/c1-15-6-8-2-3-11-9(13-8)14-5-7(10)4-12-14/h2-5H,6H2,1H3. The molecule has 5 nitrogen and oxygen atoms in total. The Morgan fingerprint density at radius 3 is 3.07 bits per heavy atom. The molecule has 15 heavy (non-hydrogen) atoms. The van der Waals surface area contributed by atoms with Crippen LogP contribution in [0.5, 0.6) is 0 Å². The van der Waals surface area contributed by atoms with Crippen LogP contribution in [0.15, 0.2) is 24.7 Å². The van der Waals surface area contributed by atoms with Gasteiger partial charge in [0.15, 0.2) is 5.82 Å². The first-order chi connectivity index (χ1) is 7.29. The van der Waals surface area contributed by atoms with Crippen molar-refractivity contribution in [2.24, 2.45) is 0 Å². The predicted octanol–water partition coefficient (Wildman–Crippen LogP) is 0.948. The van der Waals surface area contributed by atoms with E-state index in [1.54, 1.807) is 19.4 Å². The van der Waals surface area contributed by atoms with Crippen LogP contribution >= 0.6 is 0 Å². The van der Waals surface area contributed by atoms with Crippen molar-refractivity contribution in [2.45, 2.75) is 6.61 Å². The van der Waals surface area contributed by atoms with E-state index in [0.29, 0.717) is 12.6 Å². The zero-order chi connectivity index (χ0) is 10.7. The van der Waals surface area contributed by atoms with Gasteiger partial charge in [-0.3, -0.25) is 0 Å². The fourth-order valence-corrected chi connectivity index (χ4v) is 1.13. The molecular weight excluding hydrogens is 199 g/mol. The van der Waals surface area contributed by atoms with Crippen LogP contribution in [0.25, 0.3) is 5.95 Å². The van der Waals surface area contributed by atoms with Crippen molar-refractivity contribution >= 4 is 0 Å². The van der Waals surface area contributed by atoms with Crippen LogP contribution in [0.2, 0.25) is 0 Å². The highest BCUT2D eigenvalue weighted by molar-refractivity contribution is 5.12. The molecule has 0 bridgehead atoms. The van der Waals surface area contributed by atoms with E-state index >= 15 is 0 Å². The molecule has 0 spiro atoms. The predicted molar refractivity (Wildman–Crippen MR) is 49.8 cm³/mol. The normalized spacial score (nSPS) is 10.5. The van der Waals surface area contributed by atoms with Crippen LogP contribution in [0, 0.1) is 5.82 Å². The Morgan fingerprint density at radius 2 is 2.40 bits per heavy atom. The van der Waals surface area contributed by atoms with Gasteiger partial charge < -0.3 is 4.74 Å². The maximum atomic E-state index is 12.7. The molecule has 0 amide bonds. The van der Waals surface area contributed by atoms with Crippen molar-refractivity contribution < 1.29 is 9.13 Å². The fourth-order valence-electron chi connectivity index (χ4n) is 1.13. The summed E-state index contributed by atoms with van der Waals surface area (Å²) in [7, 11) is 1.58. The van der Waals surface area contributed by atoms with E-state index < -0.39 is 5.82 Å². The van der Waals surface area contributed by atoms with E-state index in [4.69, 9.17) is 4.74 Å². The van der Waals surface area contributed by atoms with Crippen molar-refractivity contribution in [3.63, 3.8) is 0 Å². The summed E-state index contributed by atoms with van der Waals surface area (Å²) in [4.78, 5) is 8.12. The Morgan fingerprint density at radius 1 is 1.53 bits per heavy atom. The van der Waals surface area contributed by atoms with E-state index in [1.807, 2.05) is 0 Å². The first-order valence-corrected chi connectivity index (χ1v) is 4.31. The molecule has 0 saturated heterocycles. The third-order valence-electron chi connectivity index (χ3n) is 1.75. The van der Waals surface area contributed by atoms with Gasteiger partial charge in [-0.2, -0.15) is 5.10 Å². The van der Waals surface area contributed by atoms with E-state index in [1.165, 1.54) is 10.9 Å². The molecule has 0 aromatic carbocycles. The molecule has 2 aromatic heterocycles. The minimum atomic E-state index is -0.421. The molecule has 2 rings (SSSR count). The van der Waals surface area contributed by atoms with Gasteiger partial charge in [0.05, 0.1) is 24.7 Å². The number of nitrogens with zero attached hydrogens (tertiary/aromatic N) is 4. The molecule has 6 heteroatoms. The average molecular weight is 208 g/mol. The summed E-state index contributed by atoms with van der Waals surface area (Å²) in [6.07, 6.45) is 3.90. The van der Waals surface area contributed by atoms with Crippen LogP contribution in [-0.2, 0) is 11.3 Å². The molecule has 0 atom stereocenters. The van der Waals surface area contributed by atoms with Gasteiger partial charge in [0.2, 0.25) is 0 Å². The van der Waals surface area contributed by atoms with Crippen LogP contribution in [0.1, 0.15) is 5.69 Å². The third kappa shape index (κ3) is 2.16. The highest BCUT2D eigenvalue weighted by Gasteiger charge is 2.03. The summed E-state index contributed by atoms with van der Waals surface area (Å²) in [5.74, 6) is -0.0933. The lowest BCUT2D eigenvalue weighted by Crippen LogP contribution is -2.04. The Hall–Kier alpha value is -1.82. The highest BCUT2D eigenvalue weighted by Crippen LogP contribution is 2.03. The van der Waals surface area contributed by atoms with Gasteiger partial charge >= 0.3 is 0 Å². The molecule has 2 heterocycles. The monoisotopic (exact) mass is 208 g/mol. The van der Waals surface area contributed by atoms with Crippen LogP contribution in [0.3, 0.4) is 0 Å². The van der Waals surface area contributed by atoms with E-state index in [0.717, 1.165) is 11.9 Å². The van der Waals surface area contributed by atoms with Gasteiger partial charge in [-0.25, -0.2) is 19.0 Å². The molecule has 0 radical (unpaired) electrons. The smallest absolute Gasteiger partial charge is 0.250 e. The van der Waals surface area contributed by atoms with Gasteiger partial charge in [0.1, 0.15) is 0 Å². The Kier molecular flexibility index (Phi) is 2.68. The second kappa shape index (κ2) is 4.14. The maximum absolute atomic E-state index is 12.7. The average Bonchev–Trinajstić information content (AvgIpc) is 2.66. The fraction of sp³-hybridized carbons (Fsp3) is 0.222. The zero-order valence-electron chi connectivity index (χ0n) is 8.09. The molecule has 0 aliphatic rings. The van der Waals surface area contributed by atoms with Crippen LogP contribution in [0.4, 0.5) is 4.39 Å². The topological polar surface area (TPSA) is 52.8 Å². The number of hydrogen-bond donors (Lipinski definition) is 0. The van der Waals surface area contributed by atoms with Gasteiger partial charge in [0.25, 0.3) is 5.95 Å². The van der Waals surface area contributed by atoms with Crippen molar-refractivity contribution in [1.82, 2.24) is 19.7 Å². The molecule has 0 saturated carbocycles. The quantitative estimate of drug-likeness (QED) is 0.753. The number of ether oxygens (including phenoxy) is 1. The minimum Gasteiger partial charge on any atom is -0.378 e. The largest absolute Gasteiger partial charge is 0.378 e. The lowest BCUT2D eigenvalue weighted by Gasteiger charge is -2.01. The molecule has 0 N–H and O–H groups in total. The zero-order valence-corrected chi connectivity index (χ0v) is 8.09. The SMILES string of the molecule is COCc1ccnc(-n2cc(F)cn2)n1. The Labute approximate surface area is 85.5 Å². The van der Waals surface area contributed by atoms with E-state index in [9.17, 15) is 4.39 Å². The summed E-state index contributed by atoms with van der Waals surface area (Å²) in [6, 6.07) is 1.73. The minimum absolute atomic E-state index is 0.327. The summed E-state index contributed by atoms with van der Waals surface area (Å²) < 4.78 is 18.9. The lowest BCUT2D eigenvalue weighted by molar-refractivity contribution is 0.181. The Bertz CT molecular complexity index is 457. The van der Waals surface area contributed by atoms with Gasteiger partial charge in [-0.15, -0.1) is 0 Å². The first kappa shape index (κ1) is 9.72.